The number of aromatic nitrogens is 1. The maximum absolute atomic E-state index is 11.1. The third-order valence-electron chi connectivity index (χ3n) is 1.58. The molecule has 1 rings (SSSR count). The molecule has 0 fully saturated rings. The minimum Gasteiger partial charge on any atom is -0.477 e. The van der Waals surface area contributed by atoms with E-state index in [1.54, 1.807) is 6.92 Å². The van der Waals surface area contributed by atoms with Gasteiger partial charge in [0.15, 0.2) is 0 Å². The Bertz CT molecular complexity index is 375. The Morgan fingerprint density at radius 2 is 2.20 bits per heavy atom. The van der Waals surface area contributed by atoms with Gasteiger partial charge >= 0.3 is 11.9 Å². The maximum Gasteiger partial charge on any atom is 0.354 e. The van der Waals surface area contributed by atoms with Crippen LogP contribution in [0.25, 0.3) is 0 Å². The molecule has 6 nitrogen and oxygen atoms in total. The first-order chi connectivity index (χ1) is 6.56. The molecule has 0 spiro atoms. The Morgan fingerprint density at radius 3 is 2.60 bits per heavy atom. The summed E-state index contributed by atoms with van der Waals surface area (Å²) in [7, 11) is 0. The molecule has 3 N–H and O–H groups in total. The number of esters is 1. The fraction of sp³-hybridized carbons (Fsp3) is 0.250. The summed E-state index contributed by atoms with van der Waals surface area (Å²) in [5.74, 6) is 3.53. The van der Waals surface area contributed by atoms with Crippen LogP contribution in [0.5, 0.6) is 0 Å². The van der Waals surface area contributed by atoms with Gasteiger partial charge < -0.3 is 15.7 Å². The van der Waals surface area contributed by atoms with Crippen LogP contribution in [0.1, 0.15) is 27.8 Å². The van der Waals surface area contributed by atoms with Gasteiger partial charge in [-0.05, 0) is 13.0 Å². The minimum absolute atomic E-state index is 0. The molecular formula is C8H10LiN2O4. The van der Waals surface area contributed by atoms with Crippen molar-refractivity contribution in [3.05, 3.63) is 23.5 Å². The predicted octanol–water partition coefficient (Wildman–Crippen LogP) is -0.304. The molecule has 77 valence electrons. The molecule has 0 saturated carbocycles. The Balaban J connectivity index is 0.00000196. The van der Waals surface area contributed by atoms with Crippen molar-refractivity contribution in [2.75, 3.05) is 12.4 Å². The zero-order valence-corrected chi connectivity index (χ0v) is 8.56. The first-order valence-corrected chi connectivity index (χ1v) is 3.94. The van der Waals surface area contributed by atoms with E-state index in [0.717, 1.165) is 4.68 Å². The van der Waals surface area contributed by atoms with Gasteiger partial charge in [-0.15, -0.1) is 0 Å². The van der Waals surface area contributed by atoms with E-state index in [-0.39, 0.29) is 36.7 Å². The third-order valence-corrected chi connectivity index (χ3v) is 1.58. The van der Waals surface area contributed by atoms with Gasteiger partial charge in [-0.3, -0.25) is 4.68 Å². The van der Waals surface area contributed by atoms with Crippen molar-refractivity contribution in [1.82, 2.24) is 4.68 Å². The summed E-state index contributed by atoms with van der Waals surface area (Å²) in [6.07, 6.45) is 1.21. The molecule has 0 aromatic carbocycles. The molecule has 1 aromatic rings. The van der Waals surface area contributed by atoms with Crippen LogP contribution in [0.3, 0.4) is 0 Å². The second kappa shape index (κ2) is 5.49. The molecule has 0 aliphatic carbocycles. The number of aromatic carboxylic acids is 1. The second-order valence-corrected chi connectivity index (χ2v) is 2.55. The smallest absolute Gasteiger partial charge is 0.354 e. The van der Waals surface area contributed by atoms with E-state index in [0.29, 0.717) is 0 Å². The SMILES string of the molecule is CCOC(=O)c1cc(C(=O)O)n(N)c1.[Li]. The quantitative estimate of drug-likeness (QED) is 0.401. The number of carbonyl (C=O) groups excluding carboxylic acids is 1. The van der Waals surface area contributed by atoms with E-state index in [1.165, 1.54) is 12.3 Å². The van der Waals surface area contributed by atoms with Gasteiger partial charge in [0.1, 0.15) is 5.69 Å². The van der Waals surface area contributed by atoms with Crippen molar-refractivity contribution in [2.24, 2.45) is 0 Å². The van der Waals surface area contributed by atoms with Gasteiger partial charge in [-0.1, -0.05) is 0 Å². The molecule has 1 aromatic heterocycles. The standard InChI is InChI=1S/C8H10N2O4.Li/c1-2-14-8(13)5-3-6(7(11)12)10(9)4-5;/h3-4H,2,9H2,1H3,(H,11,12);. The van der Waals surface area contributed by atoms with Gasteiger partial charge in [0.2, 0.25) is 0 Å². The van der Waals surface area contributed by atoms with Crippen LogP contribution in [0.2, 0.25) is 0 Å². The van der Waals surface area contributed by atoms with Gasteiger partial charge in [0, 0.05) is 25.1 Å². The number of nitrogens with zero attached hydrogens (tertiary/aromatic N) is 1. The average Bonchev–Trinajstić information content (AvgIpc) is 2.48. The number of carboxylic acids is 1. The summed E-state index contributed by atoms with van der Waals surface area (Å²) >= 11 is 0. The van der Waals surface area contributed by atoms with Crippen molar-refractivity contribution in [2.45, 2.75) is 6.92 Å². The monoisotopic (exact) mass is 205 g/mol. The van der Waals surface area contributed by atoms with Crippen molar-refractivity contribution >= 4 is 30.8 Å². The van der Waals surface area contributed by atoms with E-state index in [9.17, 15) is 9.59 Å². The molecule has 1 heterocycles. The zero-order chi connectivity index (χ0) is 10.7. The van der Waals surface area contributed by atoms with Crippen molar-refractivity contribution in [3.63, 3.8) is 0 Å². The summed E-state index contributed by atoms with van der Waals surface area (Å²) in [6, 6.07) is 1.17. The molecular weight excluding hydrogens is 195 g/mol. The second-order valence-electron chi connectivity index (χ2n) is 2.55. The van der Waals surface area contributed by atoms with Gasteiger partial charge in [0.25, 0.3) is 0 Å². The van der Waals surface area contributed by atoms with Crippen LogP contribution >= 0.6 is 0 Å². The Labute approximate surface area is 98.1 Å². The number of ether oxygens (including phenoxy) is 1. The molecule has 0 aliphatic rings. The summed E-state index contributed by atoms with van der Waals surface area (Å²) in [5, 5.41) is 8.64. The van der Waals surface area contributed by atoms with Gasteiger partial charge in [0.05, 0.1) is 12.2 Å². The fourth-order valence-electron chi connectivity index (χ4n) is 0.977. The molecule has 0 aliphatic heterocycles. The molecule has 0 unspecified atom stereocenters. The maximum atomic E-state index is 11.1. The molecule has 15 heavy (non-hydrogen) atoms. The number of hydrogen-bond acceptors (Lipinski definition) is 4. The first-order valence-electron chi connectivity index (χ1n) is 3.94. The van der Waals surface area contributed by atoms with Crippen LogP contribution in [0.15, 0.2) is 12.3 Å². The third kappa shape index (κ3) is 3.04. The van der Waals surface area contributed by atoms with Crippen molar-refractivity contribution < 1.29 is 19.4 Å². The van der Waals surface area contributed by atoms with E-state index in [1.807, 2.05) is 0 Å². The molecule has 1 radical (unpaired) electrons. The van der Waals surface area contributed by atoms with Crippen molar-refractivity contribution in [3.8, 4) is 0 Å². The number of carbonyl (C=O) groups is 2. The summed E-state index contributed by atoms with van der Waals surface area (Å²) in [6.45, 7) is 1.90. The Kier molecular flexibility index (Phi) is 4.98. The number of nitrogen functional groups attached to an aromatic ring is 1. The van der Waals surface area contributed by atoms with Crippen LogP contribution in [0.4, 0.5) is 0 Å². The summed E-state index contributed by atoms with van der Waals surface area (Å²) in [5.41, 5.74) is -0.0280. The van der Waals surface area contributed by atoms with E-state index in [2.05, 4.69) is 4.74 Å². The van der Waals surface area contributed by atoms with Gasteiger partial charge in [-0.25, -0.2) is 9.59 Å². The molecule has 0 saturated heterocycles. The van der Waals surface area contributed by atoms with Crippen LogP contribution in [0, 0.1) is 0 Å². The van der Waals surface area contributed by atoms with E-state index >= 15 is 0 Å². The minimum atomic E-state index is -1.19. The van der Waals surface area contributed by atoms with E-state index < -0.39 is 11.9 Å². The Hall–Kier alpha value is -1.38. The summed E-state index contributed by atoms with van der Waals surface area (Å²) in [4.78, 5) is 21.7. The molecule has 7 heteroatoms. The van der Waals surface area contributed by atoms with Crippen LogP contribution in [-0.2, 0) is 4.74 Å². The topological polar surface area (TPSA) is 94.5 Å². The van der Waals surface area contributed by atoms with Gasteiger partial charge in [-0.2, -0.15) is 0 Å². The largest absolute Gasteiger partial charge is 0.477 e. The normalized spacial score (nSPS) is 9.13. The fourth-order valence-corrected chi connectivity index (χ4v) is 0.977. The predicted molar refractivity (Wildman–Crippen MR) is 53.3 cm³/mol. The Morgan fingerprint density at radius 1 is 1.60 bits per heavy atom. The molecule has 0 amide bonds. The first kappa shape index (κ1) is 13.6. The average molecular weight is 205 g/mol. The molecule has 0 bridgehead atoms. The van der Waals surface area contributed by atoms with Crippen molar-refractivity contribution in [1.29, 1.82) is 0 Å². The van der Waals surface area contributed by atoms with Crippen LogP contribution < -0.4 is 5.84 Å². The molecule has 0 atom stereocenters. The number of carboxylic acid groups (broad SMARTS) is 1. The number of nitrogens with two attached hydrogens (primary N) is 1. The van der Waals surface area contributed by atoms with E-state index in [4.69, 9.17) is 10.9 Å². The summed E-state index contributed by atoms with van der Waals surface area (Å²) < 4.78 is 5.54. The van der Waals surface area contributed by atoms with Crippen LogP contribution in [-0.4, -0.2) is 47.2 Å². The zero-order valence-electron chi connectivity index (χ0n) is 8.56. The number of rotatable bonds is 3. The number of hydrogen-bond donors (Lipinski definition) is 2.